The fraction of sp³-hybridized carbons (Fsp3) is 0.278. The van der Waals surface area contributed by atoms with Crippen LogP contribution in [-0.2, 0) is 21.2 Å². The number of amides is 1. The van der Waals surface area contributed by atoms with Crippen molar-refractivity contribution in [3.05, 3.63) is 65.5 Å². The number of halogens is 1. The Bertz CT molecular complexity index is 820. The quantitative estimate of drug-likeness (QED) is 0.705. The second kappa shape index (κ2) is 8.73. The summed E-state index contributed by atoms with van der Waals surface area (Å²) in [4.78, 5) is 11.9. The highest BCUT2D eigenvalue weighted by Crippen LogP contribution is 2.10. The number of carbonyl (C=O) groups excluding carboxylic acids is 1. The van der Waals surface area contributed by atoms with Crippen molar-refractivity contribution in [3.63, 3.8) is 0 Å². The average Bonchev–Trinajstić information content (AvgIpc) is 2.58. The third-order valence-corrected chi connectivity index (χ3v) is 5.13. The van der Waals surface area contributed by atoms with E-state index in [2.05, 4.69) is 10.0 Å². The van der Waals surface area contributed by atoms with Gasteiger partial charge in [0, 0.05) is 19.5 Å². The standard InChI is InChI=1S/C18H21FN2O3S/c1-14-6-9-16(10-7-14)25(23,24)21-13-12-20-18(22)11-8-15-4-2-3-5-17(15)19/h2-7,9-10,21H,8,11-13H2,1H3,(H,20,22). The molecule has 2 rings (SSSR count). The minimum Gasteiger partial charge on any atom is -0.355 e. The van der Waals surface area contributed by atoms with Crippen LogP contribution < -0.4 is 10.0 Å². The van der Waals surface area contributed by atoms with Gasteiger partial charge < -0.3 is 5.32 Å². The second-order valence-corrected chi connectivity index (χ2v) is 7.42. The Morgan fingerprint density at radius 1 is 1.04 bits per heavy atom. The van der Waals surface area contributed by atoms with Gasteiger partial charge in [-0.15, -0.1) is 0 Å². The first-order chi connectivity index (χ1) is 11.9. The van der Waals surface area contributed by atoms with Crippen LogP contribution in [0.4, 0.5) is 4.39 Å². The number of rotatable bonds is 8. The Morgan fingerprint density at radius 2 is 1.72 bits per heavy atom. The Kier molecular flexibility index (Phi) is 6.66. The summed E-state index contributed by atoms with van der Waals surface area (Å²) in [5.41, 5.74) is 1.46. The molecule has 0 bridgehead atoms. The lowest BCUT2D eigenvalue weighted by Gasteiger charge is -2.08. The molecule has 0 radical (unpaired) electrons. The summed E-state index contributed by atoms with van der Waals surface area (Å²) in [6.45, 7) is 2.13. The predicted octanol–water partition coefficient (Wildman–Crippen LogP) is 2.16. The van der Waals surface area contributed by atoms with E-state index in [0.717, 1.165) is 5.56 Å². The SMILES string of the molecule is Cc1ccc(S(=O)(=O)NCCNC(=O)CCc2ccccc2F)cc1. The topological polar surface area (TPSA) is 75.3 Å². The number of carbonyl (C=O) groups is 1. The first-order valence-corrected chi connectivity index (χ1v) is 9.43. The zero-order valence-electron chi connectivity index (χ0n) is 14.0. The van der Waals surface area contributed by atoms with Gasteiger partial charge >= 0.3 is 0 Å². The van der Waals surface area contributed by atoms with Gasteiger partial charge in [-0.25, -0.2) is 17.5 Å². The number of nitrogens with one attached hydrogen (secondary N) is 2. The van der Waals surface area contributed by atoms with E-state index in [1.807, 2.05) is 6.92 Å². The fourth-order valence-corrected chi connectivity index (χ4v) is 3.26. The zero-order valence-corrected chi connectivity index (χ0v) is 14.8. The van der Waals surface area contributed by atoms with Gasteiger partial charge in [0.05, 0.1) is 4.90 Å². The second-order valence-electron chi connectivity index (χ2n) is 5.65. The molecule has 134 valence electrons. The number of aryl methyl sites for hydroxylation is 2. The van der Waals surface area contributed by atoms with Gasteiger partial charge in [-0.2, -0.15) is 0 Å². The van der Waals surface area contributed by atoms with Crippen molar-refractivity contribution in [1.82, 2.24) is 10.0 Å². The summed E-state index contributed by atoms with van der Waals surface area (Å²) in [6, 6.07) is 12.8. The van der Waals surface area contributed by atoms with Crippen molar-refractivity contribution < 1.29 is 17.6 Å². The molecule has 0 unspecified atom stereocenters. The van der Waals surface area contributed by atoms with E-state index in [9.17, 15) is 17.6 Å². The molecule has 5 nitrogen and oxygen atoms in total. The van der Waals surface area contributed by atoms with Crippen molar-refractivity contribution in [1.29, 1.82) is 0 Å². The number of hydrogen-bond acceptors (Lipinski definition) is 3. The van der Waals surface area contributed by atoms with Crippen LogP contribution in [0.25, 0.3) is 0 Å². The van der Waals surface area contributed by atoms with E-state index >= 15 is 0 Å². The zero-order chi connectivity index (χ0) is 18.3. The van der Waals surface area contributed by atoms with Gasteiger partial charge in [-0.3, -0.25) is 4.79 Å². The monoisotopic (exact) mass is 364 g/mol. The summed E-state index contributed by atoms with van der Waals surface area (Å²) in [5, 5.41) is 2.62. The lowest BCUT2D eigenvalue weighted by Crippen LogP contribution is -2.34. The van der Waals surface area contributed by atoms with Crippen molar-refractivity contribution >= 4 is 15.9 Å². The van der Waals surface area contributed by atoms with E-state index in [1.54, 1.807) is 30.3 Å². The molecule has 25 heavy (non-hydrogen) atoms. The van der Waals surface area contributed by atoms with Crippen LogP contribution in [0, 0.1) is 12.7 Å². The van der Waals surface area contributed by atoms with Crippen LogP contribution in [0.5, 0.6) is 0 Å². The van der Waals surface area contributed by atoms with Crippen LogP contribution in [0.15, 0.2) is 53.4 Å². The molecule has 0 saturated heterocycles. The molecule has 0 aromatic heterocycles. The molecule has 0 saturated carbocycles. The molecule has 0 heterocycles. The van der Waals surface area contributed by atoms with Crippen molar-refractivity contribution in [2.75, 3.05) is 13.1 Å². The molecule has 1 amide bonds. The number of benzene rings is 2. The van der Waals surface area contributed by atoms with E-state index in [1.165, 1.54) is 18.2 Å². The highest BCUT2D eigenvalue weighted by atomic mass is 32.2. The molecule has 2 aromatic rings. The predicted molar refractivity (Wildman–Crippen MR) is 94.1 cm³/mol. The number of hydrogen-bond donors (Lipinski definition) is 2. The van der Waals surface area contributed by atoms with Crippen molar-refractivity contribution in [2.45, 2.75) is 24.7 Å². The van der Waals surface area contributed by atoms with Crippen LogP contribution in [0.1, 0.15) is 17.5 Å². The maximum Gasteiger partial charge on any atom is 0.240 e. The lowest BCUT2D eigenvalue weighted by atomic mass is 10.1. The summed E-state index contributed by atoms with van der Waals surface area (Å²) < 4.78 is 40.0. The molecular formula is C18H21FN2O3S. The van der Waals surface area contributed by atoms with Crippen LogP contribution in [-0.4, -0.2) is 27.4 Å². The van der Waals surface area contributed by atoms with E-state index in [4.69, 9.17) is 0 Å². The Morgan fingerprint density at radius 3 is 2.40 bits per heavy atom. The first-order valence-electron chi connectivity index (χ1n) is 7.95. The molecule has 0 spiro atoms. The maximum absolute atomic E-state index is 13.5. The largest absolute Gasteiger partial charge is 0.355 e. The van der Waals surface area contributed by atoms with E-state index in [-0.39, 0.29) is 36.1 Å². The third-order valence-electron chi connectivity index (χ3n) is 3.65. The Balaban J connectivity index is 1.72. The first kappa shape index (κ1) is 19.1. The molecule has 0 aliphatic rings. The minimum absolute atomic E-state index is 0.0850. The molecule has 7 heteroatoms. The number of sulfonamides is 1. The van der Waals surface area contributed by atoms with Gasteiger partial charge in [0.15, 0.2) is 0 Å². The maximum atomic E-state index is 13.5. The summed E-state index contributed by atoms with van der Waals surface area (Å²) >= 11 is 0. The van der Waals surface area contributed by atoms with E-state index < -0.39 is 10.0 Å². The molecule has 2 N–H and O–H groups in total. The van der Waals surface area contributed by atoms with Gasteiger partial charge in [-0.1, -0.05) is 35.9 Å². The highest BCUT2D eigenvalue weighted by Gasteiger charge is 2.13. The fourth-order valence-electron chi connectivity index (χ4n) is 2.23. The van der Waals surface area contributed by atoms with Crippen LogP contribution in [0.2, 0.25) is 0 Å². The normalized spacial score (nSPS) is 11.3. The van der Waals surface area contributed by atoms with Gasteiger partial charge in [-0.05, 0) is 37.1 Å². The summed E-state index contributed by atoms with van der Waals surface area (Å²) in [6.07, 6.45) is 0.444. The third kappa shape index (κ3) is 5.95. The van der Waals surface area contributed by atoms with Crippen LogP contribution in [0.3, 0.4) is 0 Å². The minimum atomic E-state index is -3.59. The van der Waals surface area contributed by atoms with Crippen LogP contribution >= 0.6 is 0 Å². The summed E-state index contributed by atoms with van der Waals surface area (Å²) in [7, 11) is -3.59. The molecule has 0 aliphatic heterocycles. The van der Waals surface area contributed by atoms with Crippen molar-refractivity contribution in [3.8, 4) is 0 Å². The molecule has 0 atom stereocenters. The van der Waals surface area contributed by atoms with Gasteiger partial charge in [0.2, 0.25) is 15.9 Å². The summed E-state index contributed by atoms with van der Waals surface area (Å²) in [5.74, 6) is -0.584. The Hall–Kier alpha value is -2.25. The van der Waals surface area contributed by atoms with E-state index in [0.29, 0.717) is 12.0 Å². The molecule has 0 aliphatic carbocycles. The lowest BCUT2D eigenvalue weighted by molar-refractivity contribution is -0.121. The average molecular weight is 364 g/mol. The molecule has 2 aromatic carbocycles. The Labute approximate surface area is 147 Å². The molecular weight excluding hydrogens is 343 g/mol. The van der Waals surface area contributed by atoms with Gasteiger partial charge in [0.1, 0.15) is 5.82 Å². The highest BCUT2D eigenvalue weighted by molar-refractivity contribution is 7.89. The van der Waals surface area contributed by atoms with Crippen molar-refractivity contribution in [2.24, 2.45) is 0 Å². The smallest absolute Gasteiger partial charge is 0.240 e. The van der Waals surface area contributed by atoms with Gasteiger partial charge in [0.25, 0.3) is 0 Å². The molecule has 0 fully saturated rings.